The molecule has 76 valence electrons. The Balaban J connectivity index is 2.53. The lowest BCUT2D eigenvalue weighted by Crippen LogP contribution is -2.43. The molecule has 0 atom stereocenters. The number of piperidine rings is 1. The van der Waals surface area contributed by atoms with Crippen molar-refractivity contribution < 1.29 is 18.3 Å². The number of sulfonamides is 1. The molecule has 0 unspecified atom stereocenters. The third-order valence-corrected chi connectivity index (χ3v) is 3.56. The smallest absolute Gasteiger partial charge is 0.211 e. The summed E-state index contributed by atoms with van der Waals surface area (Å²) in [4.78, 5) is 10.4. The van der Waals surface area contributed by atoms with Gasteiger partial charge in [0.25, 0.3) is 0 Å². The Morgan fingerprint density at radius 3 is 2.15 bits per heavy atom. The minimum absolute atomic E-state index is 0.289. The quantitative estimate of drug-likeness (QED) is 0.545. The van der Waals surface area contributed by atoms with Crippen molar-refractivity contribution in [1.82, 2.24) is 4.31 Å². The van der Waals surface area contributed by atoms with Gasteiger partial charge in [0.05, 0.1) is 6.26 Å². The van der Waals surface area contributed by atoms with Gasteiger partial charge in [-0.05, 0) is 12.8 Å². The fourth-order valence-electron chi connectivity index (χ4n) is 1.42. The summed E-state index contributed by atoms with van der Waals surface area (Å²) in [5.41, 5.74) is 0. The number of hydrogen-bond acceptors (Lipinski definition) is 4. The van der Waals surface area contributed by atoms with Gasteiger partial charge in [0, 0.05) is 25.0 Å². The third kappa shape index (κ3) is 2.67. The molecule has 0 aromatic heterocycles. The molecule has 0 aromatic carbocycles. The predicted molar refractivity (Wildman–Crippen MR) is 44.1 cm³/mol. The van der Waals surface area contributed by atoms with E-state index in [1.165, 1.54) is 4.31 Å². The highest BCUT2D eigenvalue weighted by molar-refractivity contribution is 7.88. The van der Waals surface area contributed by atoms with Crippen molar-refractivity contribution in [2.24, 2.45) is 5.92 Å². The molecule has 0 aromatic rings. The number of carboxylic acids is 1. The molecule has 13 heavy (non-hydrogen) atoms. The molecule has 1 saturated heterocycles. The van der Waals surface area contributed by atoms with Crippen LogP contribution in [-0.4, -0.2) is 38.0 Å². The average molecular weight is 206 g/mol. The van der Waals surface area contributed by atoms with Gasteiger partial charge in [-0.15, -0.1) is 0 Å². The SMILES string of the molecule is CS(=O)(=O)N1CCC(C(=O)[O-])CC1. The van der Waals surface area contributed by atoms with E-state index in [-0.39, 0.29) is 13.1 Å². The zero-order valence-corrected chi connectivity index (χ0v) is 8.21. The van der Waals surface area contributed by atoms with Crippen molar-refractivity contribution in [1.29, 1.82) is 0 Å². The van der Waals surface area contributed by atoms with Gasteiger partial charge in [0.1, 0.15) is 0 Å². The summed E-state index contributed by atoms with van der Waals surface area (Å²) < 4.78 is 23.3. The number of hydrogen-bond donors (Lipinski definition) is 0. The molecule has 6 heteroatoms. The zero-order chi connectivity index (χ0) is 10.1. The van der Waals surface area contributed by atoms with Gasteiger partial charge in [0.2, 0.25) is 10.0 Å². The van der Waals surface area contributed by atoms with Gasteiger partial charge in [-0.2, -0.15) is 0 Å². The third-order valence-electron chi connectivity index (χ3n) is 2.26. The molecule has 0 spiro atoms. The first-order valence-corrected chi connectivity index (χ1v) is 5.92. The van der Waals surface area contributed by atoms with Gasteiger partial charge in [-0.25, -0.2) is 12.7 Å². The highest BCUT2D eigenvalue weighted by Gasteiger charge is 2.25. The Hall–Kier alpha value is -0.620. The first-order chi connectivity index (χ1) is 5.91. The monoisotopic (exact) mass is 206 g/mol. The lowest BCUT2D eigenvalue weighted by molar-refractivity contribution is -0.312. The lowest BCUT2D eigenvalue weighted by atomic mass is 9.99. The van der Waals surface area contributed by atoms with Crippen LogP contribution in [0.5, 0.6) is 0 Å². The van der Waals surface area contributed by atoms with Crippen molar-refractivity contribution in [2.45, 2.75) is 12.8 Å². The fraction of sp³-hybridized carbons (Fsp3) is 0.857. The summed E-state index contributed by atoms with van der Waals surface area (Å²) in [5.74, 6) is -1.56. The predicted octanol–water partition coefficient (Wildman–Crippen LogP) is -1.59. The highest BCUT2D eigenvalue weighted by atomic mass is 32.2. The number of carbonyl (C=O) groups excluding carboxylic acids is 1. The molecule has 0 N–H and O–H groups in total. The van der Waals surface area contributed by atoms with E-state index in [0.717, 1.165) is 6.26 Å². The van der Waals surface area contributed by atoms with Gasteiger partial charge >= 0.3 is 0 Å². The largest absolute Gasteiger partial charge is 0.550 e. The van der Waals surface area contributed by atoms with Gasteiger partial charge in [-0.1, -0.05) is 0 Å². The highest BCUT2D eigenvalue weighted by Crippen LogP contribution is 2.17. The van der Waals surface area contributed by atoms with Crippen molar-refractivity contribution in [3.8, 4) is 0 Å². The van der Waals surface area contributed by atoms with Gasteiger partial charge in [0.15, 0.2) is 0 Å². The fourth-order valence-corrected chi connectivity index (χ4v) is 2.30. The Morgan fingerprint density at radius 2 is 1.85 bits per heavy atom. The minimum Gasteiger partial charge on any atom is -0.550 e. The number of aliphatic carboxylic acids is 1. The Kier molecular flexibility index (Phi) is 2.92. The van der Waals surface area contributed by atoms with Crippen LogP contribution in [0, 0.1) is 5.92 Å². The van der Waals surface area contributed by atoms with Crippen LogP contribution in [0.3, 0.4) is 0 Å². The van der Waals surface area contributed by atoms with Crippen molar-refractivity contribution in [2.75, 3.05) is 19.3 Å². The maximum atomic E-state index is 11.0. The molecule has 0 bridgehead atoms. The number of carbonyl (C=O) groups is 1. The van der Waals surface area contributed by atoms with Crippen LogP contribution in [0.25, 0.3) is 0 Å². The molecular weight excluding hydrogens is 194 g/mol. The van der Waals surface area contributed by atoms with Crippen LogP contribution in [0.1, 0.15) is 12.8 Å². The van der Waals surface area contributed by atoms with Gasteiger partial charge < -0.3 is 9.90 Å². The van der Waals surface area contributed by atoms with E-state index in [2.05, 4.69) is 0 Å². The van der Waals surface area contributed by atoms with E-state index in [1.807, 2.05) is 0 Å². The van der Waals surface area contributed by atoms with Crippen LogP contribution in [-0.2, 0) is 14.8 Å². The van der Waals surface area contributed by atoms with E-state index in [1.54, 1.807) is 0 Å². The minimum atomic E-state index is -3.16. The van der Waals surface area contributed by atoms with Gasteiger partial charge in [-0.3, -0.25) is 0 Å². The van der Waals surface area contributed by atoms with Crippen molar-refractivity contribution in [3.05, 3.63) is 0 Å². The topological polar surface area (TPSA) is 77.5 Å². The van der Waals surface area contributed by atoms with E-state index in [0.29, 0.717) is 12.8 Å². The summed E-state index contributed by atoms with van der Waals surface area (Å²) in [6, 6.07) is 0. The maximum Gasteiger partial charge on any atom is 0.211 e. The van der Waals surface area contributed by atoms with Crippen LogP contribution in [0.2, 0.25) is 0 Å². The second-order valence-corrected chi connectivity index (χ2v) is 5.24. The summed E-state index contributed by atoms with van der Waals surface area (Å²) >= 11 is 0. The normalized spacial score (nSPS) is 21.6. The second-order valence-electron chi connectivity index (χ2n) is 3.26. The number of carboxylic acid groups (broad SMARTS) is 1. The van der Waals surface area contributed by atoms with Crippen molar-refractivity contribution >= 4 is 16.0 Å². The summed E-state index contributed by atoms with van der Waals surface area (Å²) in [5, 5.41) is 10.4. The average Bonchev–Trinajstić information content (AvgIpc) is 2.03. The molecule has 1 heterocycles. The second kappa shape index (κ2) is 3.63. The van der Waals surface area contributed by atoms with E-state index in [9.17, 15) is 18.3 Å². The standard InChI is InChI=1S/C7H13NO4S/c1-13(11,12)8-4-2-6(3-5-8)7(9)10/h6H,2-5H2,1H3,(H,9,10)/p-1. The molecule has 1 rings (SSSR count). The zero-order valence-electron chi connectivity index (χ0n) is 7.39. The first kappa shape index (κ1) is 10.5. The molecule has 0 radical (unpaired) electrons. The van der Waals surface area contributed by atoms with Crippen molar-refractivity contribution in [3.63, 3.8) is 0 Å². The molecule has 1 fully saturated rings. The Labute approximate surface area is 77.4 Å². The molecule has 1 aliphatic heterocycles. The van der Waals surface area contributed by atoms with Crippen LogP contribution in [0.15, 0.2) is 0 Å². The summed E-state index contributed by atoms with van der Waals surface area (Å²) in [7, 11) is -3.16. The summed E-state index contributed by atoms with van der Waals surface area (Å²) in [6.45, 7) is 0.578. The van der Waals surface area contributed by atoms with Crippen LogP contribution in [0.4, 0.5) is 0 Å². The first-order valence-electron chi connectivity index (χ1n) is 4.07. The Bertz CT molecular complexity index is 290. The van der Waals surface area contributed by atoms with Crippen LogP contribution < -0.4 is 5.11 Å². The van der Waals surface area contributed by atoms with Crippen LogP contribution >= 0.6 is 0 Å². The number of nitrogens with zero attached hydrogens (tertiary/aromatic N) is 1. The molecule has 0 aliphatic carbocycles. The molecule has 0 amide bonds. The van der Waals surface area contributed by atoms with E-state index < -0.39 is 21.9 Å². The molecular formula is C7H12NO4S-. The van der Waals surface area contributed by atoms with E-state index >= 15 is 0 Å². The molecule has 5 nitrogen and oxygen atoms in total. The molecule has 1 aliphatic rings. The lowest BCUT2D eigenvalue weighted by Gasteiger charge is -2.30. The van der Waals surface area contributed by atoms with E-state index in [4.69, 9.17) is 0 Å². The summed E-state index contributed by atoms with van der Waals surface area (Å²) in [6.07, 6.45) is 1.84. The number of rotatable bonds is 2. The maximum absolute atomic E-state index is 11.0. The molecule has 0 saturated carbocycles. The Morgan fingerprint density at radius 1 is 1.38 bits per heavy atom.